The van der Waals surface area contributed by atoms with Crippen LogP contribution in [0.5, 0.6) is 0 Å². The van der Waals surface area contributed by atoms with Gasteiger partial charge in [-0.1, -0.05) is 6.08 Å². The number of carbonyl (C=O) groups is 1. The van der Waals surface area contributed by atoms with Crippen LogP contribution in [0.4, 0.5) is 5.69 Å². The van der Waals surface area contributed by atoms with E-state index in [1.54, 1.807) is 0 Å². The first kappa shape index (κ1) is 11.5. The molecule has 0 aliphatic rings. The number of benzene rings is 1. The summed E-state index contributed by atoms with van der Waals surface area (Å²) in [4.78, 5) is 12.7. The Kier molecular flexibility index (Phi) is 4.10. The molecule has 0 atom stereocenters. The quantitative estimate of drug-likeness (QED) is 0.541. The Morgan fingerprint density at radius 2 is 1.93 bits per heavy atom. The minimum absolute atomic E-state index is 0.421. The van der Waals surface area contributed by atoms with Crippen molar-refractivity contribution < 1.29 is 4.79 Å². The van der Waals surface area contributed by atoms with Crippen molar-refractivity contribution in [2.75, 3.05) is 11.4 Å². The third-order valence-corrected chi connectivity index (χ3v) is 2.31. The van der Waals surface area contributed by atoms with Crippen molar-refractivity contribution in [3.05, 3.63) is 42.5 Å². The molecule has 0 fully saturated rings. The van der Waals surface area contributed by atoms with Crippen LogP contribution >= 0.6 is 0 Å². The van der Waals surface area contributed by atoms with Gasteiger partial charge in [-0.15, -0.1) is 6.58 Å². The second-order valence-electron chi connectivity index (χ2n) is 3.74. The van der Waals surface area contributed by atoms with E-state index in [2.05, 4.69) is 25.3 Å². The fourth-order valence-corrected chi connectivity index (χ4v) is 1.50. The van der Waals surface area contributed by atoms with E-state index in [1.807, 2.05) is 30.3 Å². The van der Waals surface area contributed by atoms with Crippen LogP contribution in [0, 0.1) is 0 Å². The highest BCUT2D eigenvalue weighted by Crippen LogP contribution is 2.17. The van der Waals surface area contributed by atoms with E-state index in [0.717, 1.165) is 18.5 Å². The standard InChI is InChI=1S/C13H17NO/c1-4-9-14(11(2)3)13-7-5-12(10-15)6-8-13/h4-8,10-11H,1,9H2,2-3H3. The summed E-state index contributed by atoms with van der Waals surface area (Å²) in [6.45, 7) is 8.83. The molecule has 1 aromatic rings. The van der Waals surface area contributed by atoms with Gasteiger partial charge < -0.3 is 4.90 Å². The van der Waals surface area contributed by atoms with Crippen molar-refractivity contribution in [1.82, 2.24) is 0 Å². The molecule has 2 heteroatoms. The van der Waals surface area contributed by atoms with Crippen LogP contribution in [0.3, 0.4) is 0 Å². The summed E-state index contributed by atoms with van der Waals surface area (Å²) in [6, 6.07) is 8.02. The summed E-state index contributed by atoms with van der Waals surface area (Å²) >= 11 is 0. The van der Waals surface area contributed by atoms with Crippen LogP contribution < -0.4 is 4.90 Å². The van der Waals surface area contributed by atoms with E-state index in [1.165, 1.54) is 0 Å². The van der Waals surface area contributed by atoms with Gasteiger partial charge in [0, 0.05) is 23.8 Å². The van der Waals surface area contributed by atoms with Gasteiger partial charge >= 0.3 is 0 Å². The van der Waals surface area contributed by atoms with Gasteiger partial charge in [0.25, 0.3) is 0 Å². The Balaban J connectivity index is 2.90. The lowest BCUT2D eigenvalue weighted by Crippen LogP contribution is -2.30. The lowest BCUT2D eigenvalue weighted by molar-refractivity contribution is 0.112. The SMILES string of the molecule is C=CCN(c1ccc(C=O)cc1)C(C)C. The van der Waals surface area contributed by atoms with Crippen molar-refractivity contribution in [1.29, 1.82) is 0 Å². The first-order valence-electron chi connectivity index (χ1n) is 5.11. The number of carbonyl (C=O) groups excluding carboxylic acids is 1. The highest BCUT2D eigenvalue weighted by Gasteiger charge is 2.07. The molecule has 0 saturated carbocycles. The number of anilines is 1. The Morgan fingerprint density at radius 3 is 2.33 bits per heavy atom. The molecule has 1 rings (SSSR count). The second kappa shape index (κ2) is 5.35. The largest absolute Gasteiger partial charge is 0.365 e. The average Bonchev–Trinajstić information content (AvgIpc) is 2.26. The number of nitrogens with zero attached hydrogens (tertiary/aromatic N) is 1. The highest BCUT2D eigenvalue weighted by atomic mass is 16.1. The topological polar surface area (TPSA) is 20.3 Å². The van der Waals surface area contributed by atoms with E-state index in [4.69, 9.17) is 0 Å². The van der Waals surface area contributed by atoms with E-state index in [9.17, 15) is 4.79 Å². The zero-order valence-electron chi connectivity index (χ0n) is 9.31. The predicted octanol–water partition coefficient (Wildman–Crippen LogP) is 2.90. The maximum atomic E-state index is 10.5. The summed E-state index contributed by atoms with van der Waals surface area (Å²) < 4.78 is 0. The lowest BCUT2D eigenvalue weighted by atomic mass is 10.2. The third kappa shape index (κ3) is 2.94. The second-order valence-corrected chi connectivity index (χ2v) is 3.74. The summed E-state index contributed by atoms with van der Waals surface area (Å²) in [7, 11) is 0. The van der Waals surface area contributed by atoms with Gasteiger partial charge in [0.05, 0.1) is 0 Å². The molecule has 15 heavy (non-hydrogen) atoms. The van der Waals surface area contributed by atoms with Crippen LogP contribution in [0.15, 0.2) is 36.9 Å². The minimum Gasteiger partial charge on any atom is -0.365 e. The molecular formula is C13H17NO. The fraction of sp³-hybridized carbons (Fsp3) is 0.308. The van der Waals surface area contributed by atoms with Gasteiger partial charge in [-0.25, -0.2) is 0 Å². The summed E-state index contributed by atoms with van der Waals surface area (Å²) in [5.74, 6) is 0. The number of aldehydes is 1. The van der Waals surface area contributed by atoms with E-state index < -0.39 is 0 Å². The molecule has 80 valence electrons. The molecule has 0 heterocycles. The fourth-order valence-electron chi connectivity index (χ4n) is 1.50. The smallest absolute Gasteiger partial charge is 0.150 e. The molecular weight excluding hydrogens is 186 g/mol. The van der Waals surface area contributed by atoms with Crippen LogP contribution in [0.1, 0.15) is 24.2 Å². The number of rotatable bonds is 5. The Morgan fingerprint density at radius 1 is 1.33 bits per heavy atom. The zero-order chi connectivity index (χ0) is 11.3. The molecule has 0 radical (unpaired) electrons. The molecule has 1 aromatic carbocycles. The average molecular weight is 203 g/mol. The van der Waals surface area contributed by atoms with Gasteiger partial charge in [-0.2, -0.15) is 0 Å². The van der Waals surface area contributed by atoms with Crippen molar-refractivity contribution >= 4 is 12.0 Å². The molecule has 2 nitrogen and oxygen atoms in total. The molecule has 0 aliphatic heterocycles. The summed E-state index contributed by atoms with van der Waals surface area (Å²) in [6.07, 6.45) is 2.74. The van der Waals surface area contributed by atoms with E-state index in [-0.39, 0.29) is 0 Å². The van der Waals surface area contributed by atoms with Crippen LogP contribution in [0.25, 0.3) is 0 Å². The van der Waals surface area contributed by atoms with Crippen LogP contribution in [-0.4, -0.2) is 18.9 Å². The monoisotopic (exact) mass is 203 g/mol. The number of hydrogen-bond donors (Lipinski definition) is 0. The molecule has 0 spiro atoms. The lowest BCUT2D eigenvalue weighted by Gasteiger charge is -2.27. The van der Waals surface area contributed by atoms with Gasteiger partial charge in [0.15, 0.2) is 0 Å². The molecule has 0 aromatic heterocycles. The van der Waals surface area contributed by atoms with E-state index >= 15 is 0 Å². The maximum absolute atomic E-state index is 10.5. The van der Waals surface area contributed by atoms with Crippen LogP contribution in [0.2, 0.25) is 0 Å². The zero-order valence-corrected chi connectivity index (χ0v) is 9.31. The van der Waals surface area contributed by atoms with Crippen LogP contribution in [-0.2, 0) is 0 Å². The van der Waals surface area contributed by atoms with Gasteiger partial charge in [0.2, 0.25) is 0 Å². The summed E-state index contributed by atoms with van der Waals surface area (Å²) in [5, 5.41) is 0. The molecule has 0 saturated heterocycles. The van der Waals surface area contributed by atoms with Crippen molar-refractivity contribution in [2.45, 2.75) is 19.9 Å². The maximum Gasteiger partial charge on any atom is 0.150 e. The Labute approximate surface area is 91.2 Å². The van der Waals surface area contributed by atoms with Crippen molar-refractivity contribution in [3.63, 3.8) is 0 Å². The molecule has 0 unspecified atom stereocenters. The normalized spacial score (nSPS) is 10.1. The Bertz CT molecular complexity index is 327. The van der Waals surface area contributed by atoms with Gasteiger partial charge in [0.1, 0.15) is 6.29 Å². The molecule has 0 aliphatic carbocycles. The minimum atomic E-state index is 0.421. The van der Waals surface area contributed by atoms with Gasteiger partial charge in [-0.05, 0) is 38.1 Å². The predicted molar refractivity (Wildman–Crippen MR) is 64.5 cm³/mol. The van der Waals surface area contributed by atoms with Crippen molar-refractivity contribution in [2.24, 2.45) is 0 Å². The first-order chi connectivity index (χ1) is 7.19. The molecule has 0 amide bonds. The third-order valence-electron chi connectivity index (χ3n) is 2.31. The summed E-state index contributed by atoms with van der Waals surface area (Å²) in [5.41, 5.74) is 1.83. The van der Waals surface area contributed by atoms with Gasteiger partial charge in [-0.3, -0.25) is 4.79 Å². The Hall–Kier alpha value is -1.57. The molecule has 0 bridgehead atoms. The number of hydrogen-bond acceptors (Lipinski definition) is 2. The van der Waals surface area contributed by atoms with Crippen molar-refractivity contribution in [3.8, 4) is 0 Å². The molecule has 0 N–H and O–H groups in total. The van der Waals surface area contributed by atoms with E-state index in [0.29, 0.717) is 11.6 Å². The first-order valence-corrected chi connectivity index (χ1v) is 5.11. The highest BCUT2D eigenvalue weighted by molar-refractivity contribution is 5.75.